The Bertz CT molecular complexity index is 1150. The molecular weight excluding hydrogens is 546 g/mol. The number of hydrogen-bond acceptors (Lipinski definition) is 6. The first kappa shape index (κ1) is 24.4. The minimum absolute atomic E-state index is 0. The molecule has 2 aromatic carbocycles. The van der Waals surface area contributed by atoms with E-state index >= 15 is 0 Å². The van der Waals surface area contributed by atoms with Crippen molar-refractivity contribution in [1.82, 2.24) is 35.9 Å². The zero-order chi connectivity index (χ0) is 20.1. The zero-order valence-electron chi connectivity index (χ0n) is 16.6. The van der Waals surface area contributed by atoms with E-state index in [-0.39, 0.29) is 34.0 Å². The molecule has 0 unspecified atom stereocenters. The second kappa shape index (κ2) is 11.5. The van der Waals surface area contributed by atoms with Crippen LogP contribution in [0, 0.1) is 13.8 Å². The summed E-state index contributed by atoms with van der Waals surface area (Å²) in [5.41, 5.74) is 4.08. The molecule has 0 bridgehead atoms. The van der Waals surface area contributed by atoms with Crippen LogP contribution in [-0.2, 0) is 0 Å². The van der Waals surface area contributed by atoms with Gasteiger partial charge in [0.2, 0.25) is 0 Å². The monoisotopic (exact) mass is 563 g/mol. The van der Waals surface area contributed by atoms with Crippen molar-refractivity contribution >= 4 is 11.3 Å². The van der Waals surface area contributed by atoms with Crippen LogP contribution in [0.3, 0.4) is 0 Å². The molecule has 0 spiro atoms. The minimum Gasteiger partial charge on any atom is -1.00 e. The molecule has 0 fully saturated rings. The smallest absolute Gasteiger partial charge is 0.339 e. The Balaban J connectivity index is 0.000000432. The molecule has 5 aromatic rings. The Hall–Kier alpha value is -2.83. The number of aromatic nitrogens is 9. The van der Waals surface area contributed by atoms with E-state index < -0.39 is 0 Å². The summed E-state index contributed by atoms with van der Waals surface area (Å²) in [4.78, 5) is 7.54. The summed E-state index contributed by atoms with van der Waals surface area (Å²) in [6, 6.07) is 18.0. The van der Waals surface area contributed by atoms with Gasteiger partial charge in [-0.3, -0.25) is 0 Å². The number of aromatic amines is 3. The van der Waals surface area contributed by atoms with Gasteiger partial charge in [0.1, 0.15) is 10.1 Å². The fourth-order valence-electron chi connectivity index (χ4n) is 2.57. The molecule has 0 saturated carbocycles. The molecule has 0 aliphatic rings. The van der Waals surface area contributed by atoms with Crippen molar-refractivity contribution in [2.24, 2.45) is 0 Å². The molecule has 0 aliphatic heterocycles. The summed E-state index contributed by atoms with van der Waals surface area (Å²) < 4.78 is 0. The number of thiazole rings is 1. The highest BCUT2D eigenvalue weighted by molar-refractivity contribution is 7.15. The number of tetrazole rings is 2. The molecule has 3 N–H and O–H groups in total. The quantitative estimate of drug-likeness (QED) is 0.218. The fraction of sp³-hybridized carbons (Fsp3) is 0.105. The summed E-state index contributed by atoms with van der Waals surface area (Å²) in [5.74, 6) is 0.658. The number of H-pyrrole nitrogens is 3. The largest absolute Gasteiger partial charge is 1.00 e. The Morgan fingerprint density at radius 2 is 1.74 bits per heavy atom. The number of para-hydroxylation sites is 1. The maximum Gasteiger partial charge on any atom is 0.339 e. The molecule has 0 saturated heterocycles. The number of nitrogens with one attached hydrogen (secondary N) is 3. The first-order valence-corrected chi connectivity index (χ1v) is 9.69. The van der Waals surface area contributed by atoms with E-state index in [4.69, 9.17) is 0 Å². The second-order valence-electron chi connectivity index (χ2n) is 6.12. The lowest BCUT2D eigenvalue weighted by atomic mass is 10.1. The van der Waals surface area contributed by atoms with Crippen LogP contribution >= 0.6 is 11.3 Å². The molecule has 9 nitrogen and oxygen atoms in total. The normalized spacial score (nSPS) is 9.74. The zero-order valence-corrected chi connectivity index (χ0v) is 20.6. The van der Waals surface area contributed by atoms with Gasteiger partial charge in [-0.05, 0) is 53.2 Å². The topological polar surface area (TPSA) is 114 Å². The van der Waals surface area contributed by atoms with Crippen LogP contribution < -0.4 is 43.9 Å². The Labute approximate surface area is 203 Å². The lowest BCUT2D eigenvalue weighted by Crippen LogP contribution is -3.00. The van der Waals surface area contributed by atoms with Gasteiger partial charge in [0.15, 0.2) is 10.9 Å². The average molecular weight is 565 g/mol. The van der Waals surface area contributed by atoms with Crippen LogP contribution in [0.1, 0.15) is 10.6 Å². The van der Waals surface area contributed by atoms with Crippen molar-refractivity contribution in [3.63, 3.8) is 0 Å². The van der Waals surface area contributed by atoms with Crippen LogP contribution in [0.4, 0.5) is 0 Å². The van der Waals surface area contributed by atoms with Gasteiger partial charge in [-0.2, -0.15) is 5.10 Å². The van der Waals surface area contributed by atoms with E-state index in [0.29, 0.717) is 5.82 Å². The third-order valence-corrected chi connectivity index (χ3v) is 5.26. The van der Waals surface area contributed by atoms with Gasteiger partial charge < -0.3 is 34.0 Å². The summed E-state index contributed by atoms with van der Waals surface area (Å²) in [7, 11) is 0. The van der Waals surface area contributed by atoms with Crippen LogP contribution in [0.2, 0.25) is 0 Å². The van der Waals surface area contributed by atoms with Gasteiger partial charge >= 0.3 is 5.82 Å². The van der Waals surface area contributed by atoms with Crippen molar-refractivity contribution in [1.29, 1.82) is 0 Å². The number of nitrogens with zero attached hydrogens (tertiary/aromatic N) is 6. The first-order valence-electron chi connectivity index (χ1n) is 8.88. The highest BCUT2D eigenvalue weighted by Gasteiger charge is 2.16. The Morgan fingerprint density at radius 1 is 0.968 bits per heavy atom. The molecule has 0 radical (unpaired) electrons. The summed E-state index contributed by atoms with van der Waals surface area (Å²) >= 11 is 1.71. The second-order valence-corrected chi connectivity index (χ2v) is 7.33. The predicted molar refractivity (Wildman–Crippen MR) is 107 cm³/mol. The molecular formula is C19H19Br2N9S. The summed E-state index contributed by atoms with van der Waals surface area (Å²) in [6.07, 6.45) is 1.46. The SMILES string of the molecule is Cc1nc(-c2cccc(-c3n[nH][n+](-c4ccccc4)n3)c2)sc1C.[Br-].[Br-].c1nn[nH][nH+]1. The molecule has 0 atom stereocenters. The number of rotatable bonds is 3. The first-order chi connectivity index (χ1) is 14.2. The van der Waals surface area contributed by atoms with E-state index in [0.717, 1.165) is 27.5 Å². The standard InChI is InChI=1S/C18H15N5S.CH2N4.2BrH/c1-12-13(2)24-18(19-12)15-8-6-7-14(11-15)17-20-22-23(21-17)16-9-4-3-5-10-16;1-2-4-5-3-1;;/h3-11H,1-2H3;1H,(H,2,3,4,5);2*1H. The van der Waals surface area contributed by atoms with Crippen molar-refractivity contribution in [3.05, 3.63) is 71.5 Å². The van der Waals surface area contributed by atoms with Crippen LogP contribution in [0.15, 0.2) is 60.9 Å². The maximum atomic E-state index is 4.63. The van der Waals surface area contributed by atoms with Crippen molar-refractivity contribution in [3.8, 4) is 27.6 Å². The van der Waals surface area contributed by atoms with Crippen LogP contribution in [0.5, 0.6) is 0 Å². The number of benzene rings is 2. The molecule has 160 valence electrons. The van der Waals surface area contributed by atoms with Gasteiger partial charge in [-0.1, -0.05) is 35.5 Å². The molecule has 0 amide bonds. The van der Waals surface area contributed by atoms with Crippen molar-refractivity contribution in [2.75, 3.05) is 0 Å². The summed E-state index contributed by atoms with van der Waals surface area (Å²) in [6.45, 7) is 4.13. The minimum atomic E-state index is 0. The fourth-order valence-corrected chi connectivity index (χ4v) is 3.48. The van der Waals surface area contributed by atoms with Crippen molar-refractivity contribution < 1.29 is 43.9 Å². The van der Waals surface area contributed by atoms with Gasteiger partial charge in [-0.25, -0.2) is 4.98 Å². The molecule has 3 heterocycles. The van der Waals surface area contributed by atoms with E-state index in [2.05, 4.69) is 60.1 Å². The number of aryl methyl sites for hydroxylation is 2. The average Bonchev–Trinajstić information content (AvgIpc) is 3.53. The summed E-state index contributed by atoms with van der Waals surface area (Å²) in [5, 5.41) is 24.4. The Morgan fingerprint density at radius 3 is 2.35 bits per heavy atom. The van der Waals surface area contributed by atoms with Gasteiger partial charge in [0.25, 0.3) is 6.33 Å². The lowest BCUT2D eigenvalue weighted by molar-refractivity contribution is -0.716. The lowest BCUT2D eigenvalue weighted by Gasteiger charge is -1.97. The van der Waals surface area contributed by atoms with E-state index in [1.807, 2.05) is 49.4 Å². The number of halogens is 2. The van der Waals surface area contributed by atoms with Crippen LogP contribution in [0.25, 0.3) is 27.6 Å². The molecule has 5 rings (SSSR count). The van der Waals surface area contributed by atoms with E-state index in [9.17, 15) is 0 Å². The van der Waals surface area contributed by atoms with Gasteiger partial charge in [0.05, 0.1) is 16.4 Å². The number of hydrogen-bond donors (Lipinski definition) is 2. The predicted octanol–water partition coefficient (Wildman–Crippen LogP) is -3.88. The molecule has 0 aliphatic carbocycles. The highest BCUT2D eigenvalue weighted by atomic mass is 79.9. The third kappa shape index (κ3) is 6.09. The van der Waals surface area contributed by atoms with E-state index in [1.54, 1.807) is 16.1 Å². The molecule has 12 heteroatoms. The van der Waals surface area contributed by atoms with Gasteiger partial charge in [0, 0.05) is 10.4 Å². The third-order valence-electron chi connectivity index (χ3n) is 4.14. The van der Waals surface area contributed by atoms with E-state index in [1.165, 1.54) is 11.2 Å². The maximum absolute atomic E-state index is 4.63. The highest BCUT2D eigenvalue weighted by Crippen LogP contribution is 2.29. The van der Waals surface area contributed by atoms with Gasteiger partial charge in [-0.15, -0.1) is 11.3 Å². The Kier molecular flexibility index (Phi) is 9.09. The molecule has 3 aromatic heterocycles. The van der Waals surface area contributed by atoms with Crippen LogP contribution in [-0.4, -0.2) is 35.9 Å². The molecule has 31 heavy (non-hydrogen) atoms. The van der Waals surface area contributed by atoms with Crippen molar-refractivity contribution in [2.45, 2.75) is 13.8 Å².